The Hall–Kier alpha value is -1.61. The summed E-state index contributed by atoms with van der Waals surface area (Å²) in [5.41, 5.74) is 6.37. The molecule has 1 aromatic carbocycles. The first-order valence-corrected chi connectivity index (χ1v) is 7.37. The summed E-state index contributed by atoms with van der Waals surface area (Å²) in [7, 11) is 1.99. The van der Waals surface area contributed by atoms with E-state index >= 15 is 0 Å². The van der Waals surface area contributed by atoms with E-state index in [1.165, 1.54) is 27.9 Å². The average molecular weight is 271 g/mol. The molecular weight excluding hydrogens is 246 g/mol. The third-order valence-corrected chi connectivity index (χ3v) is 3.58. The number of benzene rings is 1. The second kappa shape index (κ2) is 6.23. The minimum Gasteiger partial charge on any atom is -0.313 e. The SMILES string of the molecule is CCNCc1ccc(C)c(-c2cn(C)nc2C(C)C)c1. The summed E-state index contributed by atoms with van der Waals surface area (Å²) in [4.78, 5) is 0. The van der Waals surface area contributed by atoms with Crippen molar-refractivity contribution >= 4 is 0 Å². The van der Waals surface area contributed by atoms with Crippen molar-refractivity contribution in [2.45, 2.75) is 40.2 Å². The van der Waals surface area contributed by atoms with Crippen LogP contribution in [0.2, 0.25) is 0 Å². The summed E-state index contributed by atoms with van der Waals surface area (Å²) >= 11 is 0. The van der Waals surface area contributed by atoms with Gasteiger partial charge in [0, 0.05) is 25.4 Å². The number of hydrogen-bond acceptors (Lipinski definition) is 2. The molecule has 2 rings (SSSR count). The average Bonchev–Trinajstić information content (AvgIpc) is 2.80. The molecule has 0 radical (unpaired) electrons. The van der Waals surface area contributed by atoms with E-state index < -0.39 is 0 Å². The minimum atomic E-state index is 0.433. The molecule has 0 aliphatic rings. The van der Waals surface area contributed by atoms with Gasteiger partial charge in [-0.1, -0.05) is 32.9 Å². The fourth-order valence-corrected chi connectivity index (χ4v) is 2.48. The zero-order valence-electron chi connectivity index (χ0n) is 13.2. The Morgan fingerprint density at radius 2 is 2.00 bits per heavy atom. The Kier molecular flexibility index (Phi) is 4.61. The fourth-order valence-electron chi connectivity index (χ4n) is 2.48. The van der Waals surface area contributed by atoms with Gasteiger partial charge in [-0.2, -0.15) is 5.10 Å². The van der Waals surface area contributed by atoms with Gasteiger partial charge in [0.05, 0.1) is 5.69 Å². The minimum absolute atomic E-state index is 0.433. The van der Waals surface area contributed by atoms with E-state index in [0.29, 0.717) is 5.92 Å². The van der Waals surface area contributed by atoms with Crippen LogP contribution in [0.1, 0.15) is 43.5 Å². The number of aromatic nitrogens is 2. The van der Waals surface area contributed by atoms with Gasteiger partial charge in [0.25, 0.3) is 0 Å². The van der Waals surface area contributed by atoms with Crippen molar-refractivity contribution in [2.24, 2.45) is 7.05 Å². The monoisotopic (exact) mass is 271 g/mol. The van der Waals surface area contributed by atoms with E-state index in [1.807, 2.05) is 11.7 Å². The topological polar surface area (TPSA) is 29.9 Å². The summed E-state index contributed by atoms with van der Waals surface area (Å²) in [5.74, 6) is 0.433. The molecule has 0 unspecified atom stereocenters. The normalized spacial score (nSPS) is 11.3. The van der Waals surface area contributed by atoms with Crippen molar-refractivity contribution in [3.63, 3.8) is 0 Å². The lowest BCUT2D eigenvalue weighted by Gasteiger charge is -2.11. The van der Waals surface area contributed by atoms with Crippen LogP contribution in [0, 0.1) is 6.92 Å². The second-order valence-electron chi connectivity index (χ2n) is 5.69. The van der Waals surface area contributed by atoms with Gasteiger partial charge in [0.15, 0.2) is 0 Å². The van der Waals surface area contributed by atoms with Crippen LogP contribution in [0.4, 0.5) is 0 Å². The first-order chi connectivity index (χ1) is 9.52. The zero-order valence-corrected chi connectivity index (χ0v) is 13.2. The van der Waals surface area contributed by atoms with Gasteiger partial charge in [-0.05, 0) is 42.1 Å². The second-order valence-corrected chi connectivity index (χ2v) is 5.69. The molecule has 0 saturated heterocycles. The van der Waals surface area contributed by atoms with Crippen LogP contribution in [0.3, 0.4) is 0 Å². The molecule has 0 amide bonds. The molecule has 2 aromatic rings. The van der Waals surface area contributed by atoms with Gasteiger partial charge in [0.2, 0.25) is 0 Å². The fraction of sp³-hybridized carbons (Fsp3) is 0.471. The Morgan fingerprint density at radius 1 is 1.25 bits per heavy atom. The van der Waals surface area contributed by atoms with E-state index in [2.05, 4.69) is 62.5 Å². The van der Waals surface area contributed by atoms with Crippen molar-refractivity contribution in [1.82, 2.24) is 15.1 Å². The lowest BCUT2D eigenvalue weighted by atomic mass is 9.95. The number of aryl methyl sites for hydroxylation is 2. The molecule has 3 heteroatoms. The molecule has 1 N–H and O–H groups in total. The Bertz CT molecular complexity index is 582. The van der Waals surface area contributed by atoms with E-state index in [1.54, 1.807) is 0 Å². The zero-order chi connectivity index (χ0) is 14.7. The molecule has 108 valence electrons. The summed E-state index contributed by atoms with van der Waals surface area (Å²) in [6.45, 7) is 10.6. The highest BCUT2D eigenvalue weighted by Crippen LogP contribution is 2.31. The largest absolute Gasteiger partial charge is 0.313 e. The van der Waals surface area contributed by atoms with E-state index in [9.17, 15) is 0 Å². The highest BCUT2D eigenvalue weighted by atomic mass is 15.3. The highest BCUT2D eigenvalue weighted by molar-refractivity contribution is 5.70. The van der Waals surface area contributed by atoms with Gasteiger partial charge in [0.1, 0.15) is 0 Å². The Labute approximate surface area is 122 Å². The third-order valence-electron chi connectivity index (χ3n) is 3.58. The van der Waals surface area contributed by atoms with E-state index in [4.69, 9.17) is 0 Å². The number of hydrogen-bond donors (Lipinski definition) is 1. The molecule has 3 nitrogen and oxygen atoms in total. The van der Waals surface area contributed by atoms with Crippen LogP contribution in [0.25, 0.3) is 11.1 Å². The van der Waals surface area contributed by atoms with E-state index in [0.717, 1.165) is 13.1 Å². The maximum Gasteiger partial charge on any atom is 0.0728 e. The predicted octanol–water partition coefficient (Wildman–Crippen LogP) is 3.63. The molecule has 0 aliphatic carbocycles. The quantitative estimate of drug-likeness (QED) is 0.900. The van der Waals surface area contributed by atoms with Crippen LogP contribution in [0.15, 0.2) is 24.4 Å². The van der Waals surface area contributed by atoms with Crippen LogP contribution in [0.5, 0.6) is 0 Å². The number of rotatable bonds is 5. The number of nitrogens with one attached hydrogen (secondary N) is 1. The van der Waals surface area contributed by atoms with Crippen molar-refractivity contribution in [1.29, 1.82) is 0 Å². The van der Waals surface area contributed by atoms with Gasteiger partial charge in [-0.25, -0.2) is 0 Å². The van der Waals surface area contributed by atoms with Crippen molar-refractivity contribution in [3.05, 3.63) is 41.2 Å². The van der Waals surface area contributed by atoms with Gasteiger partial charge < -0.3 is 5.32 Å². The van der Waals surface area contributed by atoms with Gasteiger partial charge >= 0.3 is 0 Å². The van der Waals surface area contributed by atoms with Crippen molar-refractivity contribution in [2.75, 3.05) is 6.54 Å². The van der Waals surface area contributed by atoms with Crippen molar-refractivity contribution < 1.29 is 0 Å². The standard InChI is InChI=1S/C17H25N3/c1-6-18-10-14-8-7-13(4)15(9-14)16-11-20(5)19-17(16)12(2)3/h7-9,11-12,18H,6,10H2,1-5H3. The highest BCUT2D eigenvalue weighted by Gasteiger charge is 2.15. The Balaban J connectivity index is 2.46. The lowest BCUT2D eigenvalue weighted by molar-refractivity contribution is 0.713. The predicted molar refractivity (Wildman–Crippen MR) is 84.9 cm³/mol. The first kappa shape index (κ1) is 14.8. The molecule has 20 heavy (non-hydrogen) atoms. The molecule has 0 fully saturated rings. The summed E-state index contributed by atoms with van der Waals surface area (Å²) in [5, 5.41) is 8.00. The van der Waals surface area contributed by atoms with E-state index in [-0.39, 0.29) is 0 Å². The van der Waals surface area contributed by atoms with Crippen LogP contribution in [-0.4, -0.2) is 16.3 Å². The smallest absolute Gasteiger partial charge is 0.0728 e. The number of nitrogens with zero attached hydrogens (tertiary/aromatic N) is 2. The summed E-state index contributed by atoms with van der Waals surface area (Å²) in [6.07, 6.45) is 2.13. The molecule has 1 heterocycles. The first-order valence-electron chi connectivity index (χ1n) is 7.37. The molecule has 0 aliphatic heterocycles. The maximum atomic E-state index is 4.62. The van der Waals surface area contributed by atoms with Crippen LogP contribution in [-0.2, 0) is 13.6 Å². The third kappa shape index (κ3) is 3.10. The molecule has 0 spiro atoms. The van der Waals surface area contributed by atoms with Gasteiger partial charge in [-0.15, -0.1) is 0 Å². The van der Waals surface area contributed by atoms with Crippen LogP contribution < -0.4 is 5.32 Å². The Morgan fingerprint density at radius 3 is 2.65 bits per heavy atom. The summed E-state index contributed by atoms with van der Waals surface area (Å²) < 4.78 is 1.92. The molecule has 0 saturated carbocycles. The summed E-state index contributed by atoms with van der Waals surface area (Å²) in [6, 6.07) is 6.70. The molecular formula is C17H25N3. The lowest BCUT2D eigenvalue weighted by Crippen LogP contribution is -2.11. The van der Waals surface area contributed by atoms with Crippen molar-refractivity contribution in [3.8, 4) is 11.1 Å². The van der Waals surface area contributed by atoms with Crippen LogP contribution >= 0.6 is 0 Å². The molecule has 0 bridgehead atoms. The molecule has 1 aromatic heterocycles. The molecule has 0 atom stereocenters. The van der Waals surface area contributed by atoms with Gasteiger partial charge in [-0.3, -0.25) is 4.68 Å². The maximum absolute atomic E-state index is 4.62.